The molecule has 1 heterocycles. The molecule has 3 nitrogen and oxygen atoms in total. The fraction of sp³-hybridized carbons (Fsp3) is 0.917. The number of aliphatic carboxylic acids is 1. The molecule has 1 saturated heterocycles. The maximum absolute atomic E-state index is 11.4. The summed E-state index contributed by atoms with van der Waals surface area (Å²) in [7, 11) is 0. The first kappa shape index (κ1) is 12.5. The summed E-state index contributed by atoms with van der Waals surface area (Å²) in [6.45, 7) is 7.25. The van der Waals surface area contributed by atoms with Gasteiger partial charge in [0, 0.05) is 6.04 Å². The number of hydrogen-bond donors (Lipinski definition) is 1. The fourth-order valence-corrected chi connectivity index (χ4v) is 2.88. The molecule has 1 fully saturated rings. The molecule has 1 aliphatic heterocycles. The van der Waals surface area contributed by atoms with E-state index in [1.54, 1.807) is 0 Å². The SMILES string of the molecule is CCCC(C)N1CCCC1(CC)C(=O)O. The first-order valence-electron chi connectivity index (χ1n) is 6.08. The average Bonchev–Trinajstić information content (AvgIpc) is 2.62. The van der Waals surface area contributed by atoms with Crippen molar-refractivity contribution in [3.8, 4) is 0 Å². The summed E-state index contributed by atoms with van der Waals surface area (Å²) in [5, 5.41) is 9.41. The van der Waals surface area contributed by atoms with Crippen LogP contribution in [0.4, 0.5) is 0 Å². The Bertz CT molecular complexity index is 230. The zero-order chi connectivity index (χ0) is 11.5. The Morgan fingerprint density at radius 1 is 1.53 bits per heavy atom. The van der Waals surface area contributed by atoms with Crippen molar-refractivity contribution in [1.82, 2.24) is 4.90 Å². The summed E-state index contributed by atoms with van der Waals surface area (Å²) in [4.78, 5) is 13.6. The molecule has 15 heavy (non-hydrogen) atoms. The monoisotopic (exact) mass is 213 g/mol. The van der Waals surface area contributed by atoms with Gasteiger partial charge in [-0.15, -0.1) is 0 Å². The van der Waals surface area contributed by atoms with E-state index in [4.69, 9.17) is 0 Å². The second-order valence-corrected chi connectivity index (χ2v) is 4.62. The number of carbonyl (C=O) groups is 1. The zero-order valence-electron chi connectivity index (χ0n) is 10.1. The van der Waals surface area contributed by atoms with E-state index in [1.165, 1.54) is 0 Å². The van der Waals surface area contributed by atoms with Crippen molar-refractivity contribution in [3.05, 3.63) is 0 Å². The highest BCUT2D eigenvalue weighted by molar-refractivity contribution is 5.79. The molecule has 0 aromatic heterocycles. The van der Waals surface area contributed by atoms with Crippen molar-refractivity contribution in [3.63, 3.8) is 0 Å². The molecule has 1 aliphatic rings. The zero-order valence-corrected chi connectivity index (χ0v) is 10.1. The molecule has 0 amide bonds. The fourth-order valence-electron chi connectivity index (χ4n) is 2.88. The van der Waals surface area contributed by atoms with Crippen LogP contribution in [0.3, 0.4) is 0 Å². The predicted octanol–water partition coefficient (Wildman–Crippen LogP) is 2.50. The van der Waals surface area contributed by atoms with Crippen LogP contribution in [0.25, 0.3) is 0 Å². The third-order valence-corrected chi connectivity index (χ3v) is 3.76. The van der Waals surface area contributed by atoms with Crippen molar-refractivity contribution >= 4 is 5.97 Å². The number of carboxylic acid groups (broad SMARTS) is 1. The topological polar surface area (TPSA) is 40.5 Å². The van der Waals surface area contributed by atoms with Gasteiger partial charge in [-0.25, -0.2) is 0 Å². The van der Waals surface area contributed by atoms with Gasteiger partial charge in [0.25, 0.3) is 0 Å². The van der Waals surface area contributed by atoms with Crippen molar-refractivity contribution in [1.29, 1.82) is 0 Å². The minimum Gasteiger partial charge on any atom is -0.480 e. The molecule has 88 valence electrons. The molecule has 2 atom stereocenters. The molecular weight excluding hydrogens is 190 g/mol. The van der Waals surface area contributed by atoms with E-state index < -0.39 is 11.5 Å². The van der Waals surface area contributed by atoms with Crippen LogP contribution in [-0.4, -0.2) is 34.1 Å². The third-order valence-electron chi connectivity index (χ3n) is 3.76. The van der Waals surface area contributed by atoms with Gasteiger partial charge in [-0.3, -0.25) is 9.69 Å². The van der Waals surface area contributed by atoms with Gasteiger partial charge in [-0.2, -0.15) is 0 Å². The van der Waals surface area contributed by atoms with Gasteiger partial charge >= 0.3 is 5.97 Å². The Kier molecular flexibility index (Phi) is 4.14. The van der Waals surface area contributed by atoms with Crippen LogP contribution in [0, 0.1) is 0 Å². The van der Waals surface area contributed by atoms with Crippen LogP contribution in [0.2, 0.25) is 0 Å². The second-order valence-electron chi connectivity index (χ2n) is 4.62. The van der Waals surface area contributed by atoms with Crippen LogP contribution < -0.4 is 0 Å². The van der Waals surface area contributed by atoms with Gasteiger partial charge in [0.15, 0.2) is 0 Å². The molecule has 0 aliphatic carbocycles. The minimum absolute atomic E-state index is 0.397. The maximum atomic E-state index is 11.4. The first-order chi connectivity index (χ1) is 7.08. The van der Waals surface area contributed by atoms with E-state index in [0.29, 0.717) is 6.04 Å². The molecule has 1 N–H and O–H groups in total. The first-order valence-corrected chi connectivity index (χ1v) is 6.08. The summed E-state index contributed by atoms with van der Waals surface area (Å²) in [6.07, 6.45) is 4.77. The lowest BCUT2D eigenvalue weighted by Gasteiger charge is -2.38. The molecule has 0 bridgehead atoms. The van der Waals surface area contributed by atoms with Gasteiger partial charge in [0.05, 0.1) is 0 Å². The third kappa shape index (κ3) is 2.17. The molecule has 0 spiro atoms. The van der Waals surface area contributed by atoms with Gasteiger partial charge in [0.1, 0.15) is 5.54 Å². The molecule has 2 unspecified atom stereocenters. The summed E-state index contributed by atoms with van der Waals surface area (Å²) in [6, 6.07) is 0.397. The van der Waals surface area contributed by atoms with Crippen molar-refractivity contribution in [2.75, 3.05) is 6.54 Å². The van der Waals surface area contributed by atoms with Gasteiger partial charge < -0.3 is 5.11 Å². The van der Waals surface area contributed by atoms with E-state index in [0.717, 1.165) is 38.6 Å². The van der Waals surface area contributed by atoms with Gasteiger partial charge in [-0.05, 0) is 39.2 Å². The van der Waals surface area contributed by atoms with Gasteiger partial charge in [-0.1, -0.05) is 20.3 Å². The Balaban J connectivity index is 2.82. The lowest BCUT2D eigenvalue weighted by Crippen LogP contribution is -2.53. The molecule has 0 aromatic carbocycles. The van der Waals surface area contributed by atoms with Crippen LogP contribution in [0.1, 0.15) is 52.9 Å². The summed E-state index contributed by atoms with van der Waals surface area (Å²) >= 11 is 0. The smallest absolute Gasteiger partial charge is 0.324 e. The highest BCUT2D eigenvalue weighted by atomic mass is 16.4. The van der Waals surface area contributed by atoms with E-state index in [2.05, 4.69) is 18.7 Å². The van der Waals surface area contributed by atoms with Crippen molar-refractivity contribution in [2.45, 2.75) is 64.5 Å². The quantitative estimate of drug-likeness (QED) is 0.763. The number of hydrogen-bond acceptors (Lipinski definition) is 2. The van der Waals surface area contributed by atoms with Crippen molar-refractivity contribution in [2.24, 2.45) is 0 Å². The molecule has 0 aromatic rings. The van der Waals surface area contributed by atoms with E-state index >= 15 is 0 Å². The molecule has 0 saturated carbocycles. The van der Waals surface area contributed by atoms with Crippen LogP contribution in [0.15, 0.2) is 0 Å². The highest BCUT2D eigenvalue weighted by Gasteiger charge is 2.47. The molecule has 0 radical (unpaired) electrons. The molecular formula is C12H23NO2. The molecule has 3 heteroatoms. The summed E-state index contributed by atoms with van der Waals surface area (Å²) in [5.74, 6) is -0.634. The highest BCUT2D eigenvalue weighted by Crippen LogP contribution is 2.35. The summed E-state index contributed by atoms with van der Waals surface area (Å²) < 4.78 is 0. The lowest BCUT2D eigenvalue weighted by molar-refractivity contribution is -0.151. The standard InChI is InChI=1S/C12H23NO2/c1-4-7-10(3)13-9-6-8-12(13,5-2)11(14)15/h10H,4-9H2,1-3H3,(H,14,15). The Hall–Kier alpha value is -0.570. The number of carboxylic acids is 1. The van der Waals surface area contributed by atoms with E-state index in [1.807, 2.05) is 6.92 Å². The van der Waals surface area contributed by atoms with Crippen LogP contribution in [0.5, 0.6) is 0 Å². The van der Waals surface area contributed by atoms with Crippen LogP contribution >= 0.6 is 0 Å². The summed E-state index contributed by atoms with van der Waals surface area (Å²) in [5.41, 5.74) is -0.575. The minimum atomic E-state index is -0.634. The number of likely N-dealkylation sites (tertiary alicyclic amines) is 1. The Morgan fingerprint density at radius 3 is 2.67 bits per heavy atom. The van der Waals surface area contributed by atoms with E-state index in [9.17, 15) is 9.90 Å². The Morgan fingerprint density at radius 2 is 2.20 bits per heavy atom. The largest absolute Gasteiger partial charge is 0.480 e. The van der Waals surface area contributed by atoms with Crippen molar-refractivity contribution < 1.29 is 9.90 Å². The molecule has 1 rings (SSSR count). The average molecular weight is 213 g/mol. The van der Waals surface area contributed by atoms with E-state index in [-0.39, 0.29) is 0 Å². The maximum Gasteiger partial charge on any atom is 0.324 e. The number of rotatable bonds is 5. The second kappa shape index (κ2) is 4.97. The predicted molar refractivity (Wildman–Crippen MR) is 61.0 cm³/mol. The van der Waals surface area contributed by atoms with Crippen LogP contribution in [-0.2, 0) is 4.79 Å². The lowest BCUT2D eigenvalue weighted by atomic mass is 9.91. The Labute approximate surface area is 92.5 Å². The normalized spacial score (nSPS) is 29.3. The number of nitrogens with zero attached hydrogens (tertiary/aromatic N) is 1. The van der Waals surface area contributed by atoms with Gasteiger partial charge in [0.2, 0.25) is 0 Å².